The van der Waals surface area contributed by atoms with Crippen molar-refractivity contribution in [2.45, 2.75) is 38.5 Å². The lowest BCUT2D eigenvalue weighted by atomic mass is 9.67. The molecule has 1 saturated carbocycles. The predicted octanol–water partition coefficient (Wildman–Crippen LogP) is 2.18. The fraction of sp³-hybridized carbons (Fsp3) is 1.00. The normalized spacial score (nSPS) is 27.2. The first-order valence-electron chi connectivity index (χ1n) is 6.19. The molecule has 2 N–H and O–H groups in total. The van der Waals surface area contributed by atoms with Crippen LogP contribution in [0.4, 0.5) is 0 Å². The molecule has 0 bridgehead atoms. The Balaban J connectivity index is 1.86. The number of nitrogens with two attached hydrogens (primary N) is 1. The largest absolute Gasteiger partial charge is 0.381 e. The van der Waals surface area contributed by atoms with Crippen molar-refractivity contribution in [3.63, 3.8) is 0 Å². The second kappa shape index (κ2) is 5.13. The monoisotopic (exact) mass is 197 g/mol. The Morgan fingerprint density at radius 2 is 1.71 bits per heavy atom. The summed E-state index contributed by atoms with van der Waals surface area (Å²) in [5.74, 6) is 2.83. The van der Waals surface area contributed by atoms with Crippen LogP contribution in [0.1, 0.15) is 38.5 Å². The molecule has 1 aliphatic heterocycles. The maximum Gasteiger partial charge on any atom is 0.0468 e. The van der Waals surface area contributed by atoms with Crippen LogP contribution in [-0.4, -0.2) is 19.8 Å². The van der Waals surface area contributed by atoms with Crippen LogP contribution in [0.25, 0.3) is 0 Å². The first-order chi connectivity index (χ1) is 6.92. The molecule has 14 heavy (non-hydrogen) atoms. The second-order valence-corrected chi connectivity index (χ2v) is 4.88. The van der Waals surface area contributed by atoms with E-state index in [1.807, 2.05) is 0 Å². The maximum atomic E-state index is 5.72. The van der Waals surface area contributed by atoms with E-state index in [2.05, 4.69) is 0 Å². The highest BCUT2D eigenvalue weighted by atomic mass is 16.5. The van der Waals surface area contributed by atoms with E-state index in [1.165, 1.54) is 38.5 Å². The quantitative estimate of drug-likeness (QED) is 0.749. The molecule has 1 atom stereocenters. The zero-order valence-electron chi connectivity index (χ0n) is 9.08. The first kappa shape index (κ1) is 10.4. The van der Waals surface area contributed by atoms with Crippen molar-refractivity contribution in [1.82, 2.24) is 0 Å². The highest BCUT2D eigenvalue weighted by Gasteiger charge is 2.33. The van der Waals surface area contributed by atoms with E-state index in [1.54, 1.807) is 0 Å². The molecule has 0 aromatic rings. The van der Waals surface area contributed by atoms with E-state index in [4.69, 9.17) is 10.5 Å². The van der Waals surface area contributed by atoms with Gasteiger partial charge in [0.2, 0.25) is 0 Å². The van der Waals surface area contributed by atoms with Crippen LogP contribution in [0.2, 0.25) is 0 Å². The average molecular weight is 197 g/mol. The zero-order chi connectivity index (χ0) is 9.80. The summed E-state index contributed by atoms with van der Waals surface area (Å²) in [5.41, 5.74) is 5.72. The summed E-state index contributed by atoms with van der Waals surface area (Å²) >= 11 is 0. The van der Waals surface area contributed by atoms with Crippen molar-refractivity contribution in [1.29, 1.82) is 0 Å². The Morgan fingerprint density at radius 3 is 2.21 bits per heavy atom. The van der Waals surface area contributed by atoms with Gasteiger partial charge < -0.3 is 10.5 Å². The minimum atomic E-state index is 0.874. The van der Waals surface area contributed by atoms with Gasteiger partial charge in [0.25, 0.3) is 0 Å². The van der Waals surface area contributed by atoms with Gasteiger partial charge in [0.15, 0.2) is 0 Å². The summed E-state index contributed by atoms with van der Waals surface area (Å²) < 4.78 is 5.43. The molecule has 2 aliphatic rings. The molecule has 0 aromatic heterocycles. The minimum absolute atomic E-state index is 0.874. The van der Waals surface area contributed by atoms with Crippen LogP contribution >= 0.6 is 0 Å². The van der Waals surface area contributed by atoms with Crippen LogP contribution in [0.15, 0.2) is 0 Å². The summed E-state index contributed by atoms with van der Waals surface area (Å²) in [6, 6.07) is 0. The third-order valence-corrected chi connectivity index (χ3v) is 4.13. The molecule has 0 amide bonds. The lowest BCUT2D eigenvalue weighted by Crippen LogP contribution is -2.33. The highest BCUT2D eigenvalue weighted by molar-refractivity contribution is 4.83. The molecule has 2 fully saturated rings. The van der Waals surface area contributed by atoms with Crippen LogP contribution in [0, 0.1) is 17.8 Å². The summed E-state index contributed by atoms with van der Waals surface area (Å²) in [5, 5.41) is 0. The Labute approximate surface area is 87.2 Å². The van der Waals surface area contributed by atoms with Gasteiger partial charge >= 0.3 is 0 Å². The Kier molecular flexibility index (Phi) is 3.82. The van der Waals surface area contributed by atoms with Crippen LogP contribution in [0.3, 0.4) is 0 Å². The number of ether oxygens (including phenoxy) is 1. The van der Waals surface area contributed by atoms with E-state index in [0.29, 0.717) is 0 Å². The maximum absolute atomic E-state index is 5.72. The van der Waals surface area contributed by atoms with Gasteiger partial charge in [-0.15, -0.1) is 0 Å². The number of rotatable bonds is 4. The van der Waals surface area contributed by atoms with Gasteiger partial charge in [-0.1, -0.05) is 19.3 Å². The topological polar surface area (TPSA) is 35.2 Å². The van der Waals surface area contributed by atoms with Crippen molar-refractivity contribution in [2.75, 3.05) is 19.8 Å². The van der Waals surface area contributed by atoms with Crippen molar-refractivity contribution in [3.05, 3.63) is 0 Å². The molecule has 2 nitrogen and oxygen atoms in total. The average Bonchev–Trinajstić information content (AvgIpc) is 2.16. The molecule has 1 unspecified atom stereocenters. The summed E-state index contributed by atoms with van der Waals surface area (Å²) in [6.07, 6.45) is 8.18. The predicted molar refractivity (Wildman–Crippen MR) is 58.0 cm³/mol. The van der Waals surface area contributed by atoms with Gasteiger partial charge in [-0.05, 0) is 43.6 Å². The van der Waals surface area contributed by atoms with E-state index in [0.717, 1.165) is 37.5 Å². The standard InChI is InChI=1S/C12H23NO/c13-7-4-12(10-2-1-3-10)11-5-8-14-9-6-11/h10-12H,1-9,13H2. The van der Waals surface area contributed by atoms with E-state index < -0.39 is 0 Å². The Morgan fingerprint density at radius 1 is 1.07 bits per heavy atom. The molecule has 1 heterocycles. The SMILES string of the molecule is NCCC(C1CCC1)C1CCOCC1. The van der Waals surface area contributed by atoms with Gasteiger partial charge in [0.1, 0.15) is 0 Å². The molecule has 2 heteroatoms. The van der Waals surface area contributed by atoms with E-state index in [9.17, 15) is 0 Å². The summed E-state index contributed by atoms with van der Waals surface area (Å²) in [7, 11) is 0. The Hall–Kier alpha value is -0.0800. The third-order valence-electron chi connectivity index (χ3n) is 4.13. The van der Waals surface area contributed by atoms with Crippen molar-refractivity contribution < 1.29 is 4.74 Å². The van der Waals surface area contributed by atoms with Crippen LogP contribution < -0.4 is 5.73 Å². The van der Waals surface area contributed by atoms with Crippen LogP contribution in [-0.2, 0) is 4.74 Å². The van der Waals surface area contributed by atoms with Gasteiger partial charge in [0.05, 0.1) is 0 Å². The summed E-state index contributed by atoms with van der Waals surface area (Å²) in [4.78, 5) is 0. The van der Waals surface area contributed by atoms with E-state index >= 15 is 0 Å². The minimum Gasteiger partial charge on any atom is -0.381 e. The van der Waals surface area contributed by atoms with Crippen molar-refractivity contribution >= 4 is 0 Å². The van der Waals surface area contributed by atoms with Crippen LogP contribution in [0.5, 0.6) is 0 Å². The highest BCUT2D eigenvalue weighted by Crippen LogP contribution is 2.41. The van der Waals surface area contributed by atoms with Crippen molar-refractivity contribution in [3.8, 4) is 0 Å². The molecule has 2 rings (SSSR count). The fourth-order valence-corrected chi connectivity index (χ4v) is 3.06. The molecular weight excluding hydrogens is 174 g/mol. The molecule has 0 aromatic carbocycles. The lowest BCUT2D eigenvalue weighted by molar-refractivity contribution is 0.0194. The Bertz CT molecular complexity index is 162. The molecular formula is C12H23NO. The fourth-order valence-electron chi connectivity index (χ4n) is 3.06. The molecule has 0 spiro atoms. The smallest absolute Gasteiger partial charge is 0.0468 e. The van der Waals surface area contributed by atoms with Gasteiger partial charge in [-0.25, -0.2) is 0 Å². The lowest BCUT2D eigenvalue weighted by Gasteiger charge is -2.40. The summed E-state index contributed by atoms with van der Waals surface area (Å²) in [6.45, 7) is 2.84. The van der Waals surface area contributed by atoms with Gasteiger partial charge in [0, 0.05) is 13.2 Å². The van der Waals surface area contributed by atoms with Gasteiger partial charge in [-0.3, -0.25) is 0 Å². The molecule has 1 aliphatic carbocycles. The molecule has 0 radical (unpaired) electrons. The number of hydrogen-bond donors (Lipinski definition) is 1. The van der Waals surface area contributed by atoms with Crippen molar-refractivity contribution in [2.24, 2.45) is 23.5 Å². The van der Waals surface area contributed by atoms with Gasteiger partial charge in [-0.2, -0.15) is 0 Å². The second-order valence-electron chi connectivity index (χ2n) is 4.88. The molecule has 82 valence electrons. The number of hydrogen-bond acceptors (Lipinski definition) is 2. The molecule has 1 saturated heterocycles. The first-order valence-corrected chi connectivity index (χ1v) is 6.19. The zero-order valence-corrected chi connectivity index (χ0v) is 9.08. The van der Waals surface area contributed by atoms with E-state index in [-0.39, 0.29) is 0 Å². The third kappa shape index (κ3) is 2.29.